The van der Waals surface area contributed by atoms with Gasteiger partial charge in [-0.05, 0) is 31.0 Å². The normalized spacial score (nSPS) is 10.0. The van der Waals surface area contributed by atoms with Crippen LogP contribution in [0.4, 0.5) is 11.4 Å². The quantitative estimate of drug-likeness (QED) is 0.426. The van der Waals surface area contributed by atoms with Crippen LogP contribution in [0.2, 0.25) is 0 Å². The third-order valence-electron chi connectivity index (χ3n) is 2.44. The summed E-state index contributed by atoms with van der Waals surface area (Å²) in [4.78, 5) is 21.5. The van der Waals surface area contributed by atoms with Crippen LogP contribution in [0.25, 0.3) is 0 Å². The number of nitrogens with two attached hydrogens (primary N) is 2. The monoisotopic (exact) mass is 251 g/mol. The number of hydrogen-bond donors (Lipinski definition) is 4. The van der Waals surface area contributed by atoms with Crippen LogP contribution in [0, 0.1) is 0 Å². The molecule has 0 bridgehead atoms. The number of carbonyl (C=O) groups is 2. The highest BCUT2D eigenvalue weighted by atomic mass is 16.4. The van der Waals surface area contributed by atoms with E-state index in [1.807, 2.05) is 0 Å². The van der Waals surface area contributed by atoms with E-state index < -0.39 is 5.97 Å². The van der Waals surface area contributed by atoms with E-state index in [0.717, 1.165) is 6.42 Å². The highest BCUT2D eigenvalue weighted by Gasteiger charge is 2.09. The number of nitrogen functional groups attached to an aromatic ring is 1. The van der Waals surface area contributed by atoms with Crippen molar-refractivity contribution < 1.29 is 14.7 Å². The SMILES string of the molecule is NC(=O)CCCCNc1ccc(N)cc1C(=O)O. The van der Waals surface area contributed by atoms with E-state index in [9.17, 15) is 9.59 Å². The maximum atomic E-state index is 11.0. The molecule has 0 unspecified atom stereocenters. The molecule has 98 valence electrons. The second-order valence-electron chi connectivity index (χ2n) is 3.96. The molecule has 0 atom stereocenters. The second kappa shape index (κ2) is 6.48. The summed E-state index contributed by atoms with van der Waals surface area (Å²) in [7, 11) is 0. The fourth-order valence-corrected chi connectivity index (χ4v) is 1.54. The Morgan fingerprint density at radius 2 is 2.00 bits per heavy atom. The Kier molecular flexibility index (Phi) is 4.98. The summed E-state index contributed by atoms with van der Waals surface area (Å²) in [6.45, 7) is 0.581. The molecule has 0 aliphatic carbocycles. The summed E-state index contributed by atoms with van der Waals surface area (Å²) >= 11 is 0. The Hall–Kier alpha value is -2.24. The first kappa shape index (κ1) is 13.8. The highest BCUT2D eigenvalue weighted by molar-refractivity contribution is 5.95. The fourth-order valence-electron chi connectivity index (χ4n) is 1.54. The van der Waals surface area contributed by atoms with Crippen LogP contribution in [-0.2, 0) is 4.79 Å². The van der Waals surface area contributed by atoms with Gasteiger partial charge in [0.15, 0.2) is 0 Å². The van der Waals surface area contributed by atoms with E-state index in [-0.39, 0.29) is 11.5 Å². The van der Waals surface area contributed by atoms with Gasteiger partial charge in [-0.15, -0.1) is 0 Å². The highest BCUT2D eigenvalue weighted by Crippen LogP contribution is 2.19. The molecule has 0 saturated heterocycles. The van der Waals surface area contributed by atoms with Gasteiger partial charge in [0.2, 0.25) is 5.91 Å². The Morgan fingerprint density at radius 3 is 2.61 bits per heavy atom. The lowest BCUT2D eigenvalue weighted by atomic mass is 10.1. The van der Waals surface area contributed by atoms with Crippen molar-refractivity contribution in [2.24, 2.45) is 5.73 Å². The molecular weight excluding hydrogens is 234 g/mol. The van der Waals surface area contributed by atoms with Crippen LogP contribution >= 0.6 is 0 Å². The van der Waals surface area contributed by atoms with E-state index in [1.54, 1.807) is 12.1 Å². The van der Waals surface area contributed by atoms with Gasteiger partial charge in [0.25, 0.3) is 0 Å². The molecule has 0 radical (unpaired) electrons. The number of benzene rings is 1. The second-order valence-corrected chi connectivity index (χ2v) is 3.96. The van der Waals surface area contributed by atoms with E-state index >= 15 is 0 Å². The number of carbonyl (C=O) groups excluding carboxylic acids is 1. The molecule has 0 aliphatic rings. The van der Waals surface area contributed by atoms with Gasteiger partial charge in [-0.25, -0.2) is 4.79 Å². The van der Waals surface area contributed by atoms with Crippen molar-refractivity contribution in [3.05, 3.63) is 23.8 Å². The van der Waals surface area contributed by atoms with E-state index in [4.69, 9.17) is 16.6 Å². The van der Waals surface area contributed by atoms with Crippen LogP contribution < -0.4 is 16.8 Å². The summed E-state index contributed by atoms with van der Waals surface area (Å²) in [6, 6.07) is 4.68. The molecule has 0 saturated carbocycles. The number of aromatic carboxylic acids is 1. The van der Waals surface area contributed by atoms with Crippen molar-refractivity contribution in [2.45, 2.75) is 19.3 Å². The Bertz CT molecular complexity index is 446. The average Bonchev–Trinajstić information content (AvgIpc) is 2.29. The first-order valence-corrected chi connectivity index (χ1v) is 5.65. The topological polar surface area (TPSA) is 118 Å². The van der Waals surface area contributed by atoms with Gasteiger partial charge >= 0.3 is 5.97 Å². The molecular formula is C12H17N3O3. The van der Waals surface area contributed by atoms with Crippen molar-refractivity contribution >= 4 is 23.3 Å². The molecule has 6 heteroatoms. The lowest BCUT2D eigenvalue weighted by Crippen LogP contribution is -2.12. The molecule has 18 heavy (non-hydrogen) atoms. The largest absolute Gasteiger partial charge is 0.478 e. The number of carboxylic acid groups (broad SMARTS) is 1. The predicted molar refractivity (Wildman–Crippen MR) is 69.3 cm³/mol. The van der Waals surface area contributed by atoms with Crippen molar-refractivity contribution in [2.75, 3.05) is 17.6 Å². The zero-order chi connectivity index (χ0) is 13.5. The summed E-state index contributed by atoms with van der Waals surface area (Å²) in [6.07, 6.45) is 1.77. The minimum Gasteiger partial charge on any atom is -0.478 e. The van der Waals surface area contributed by atoms with E-state index in [1.165, 1.54) is 6.07 Å². The minimum atomic E-state index is -1.03. The van der Waals surface area contributed by atoms with Gasteiger partial charge in [-0.3, -0.25) is 4.79 Å². The molecule has 0 aliphatic heterocycles. The van der Waals surface area contributed by atoms with Gasteiger partial charge in [-0.1, -0.05) is 0 Å². The van der Waals surface area contributed by atoms with Crippen LogP contribution in [-0.4, -0.2) is 23.5 Å². The number of unbranched alkanes of at least 4 members (excludes halogenated alkanes) is 1. The van der Waals surface area contributed by atoms with Crippen LogP contribution in [0.5, 0.6) is 0 Å². The molecule has 1 aromatic rings. The van der Waals surface area contributed by atoms with Gasteiger partial charge < -0.3 is 21.9 Å². The van der Waals surface area contributed by atoms with Crippen LogP contribution in [0.3, 0.4) is 0 Å². The zero-order valence-electron chi connectivity index (χ0n) is 9.98. The molecule has 1 aromatic carbocycles. The third-order valence-corrected chi connectivity index (χ3v) is 2.44. The van der Waals surface area contributed by atoms with Crippen LogP contribution in [0.1, 0.15) is 29.6 Å². The fraction of sp³-hybridized carbons (Fsp3) is 0.333. The lowest BCUT2D eigenvalue weighted by Gasteiger charge is -2.09. The van der Waals surface area contributed by atoms with Gasteiger partial charge in [0, 0.05) is 24.3 Å². The maximum Gasteiger partial charge on any atom is 0.337 e. The predicted octanol–water partition coefficient (Wildman–Crippen LogP) is 1.03. The van der Waals surface area contributed by atoms with Gasteiger partial charge in [0.05, 0.1) is 5.56 Å². The first-order chi connectivity index (χ1) is 8.50. The van der Waals surface area contributed by atoms with Crippen molar-refractivity contribution in [3.63, 3.8) is 0 Å². The minimum absolute atomic E-state index is 0.143. The van der Waals surface area contributed by atoms with Gasteiger partial charge in [0.1, 0.15) is 0 Å². The molecule has 0 spiro atoms. The maximum absolute atomic E-state index is 11.0. The number of primary amides is 1. The summed E-state index contributed by atoms with van der Waals surface area (Å²) in [5.74, 6) is -1.35. The summed E-state index contributed by atoms with van der Waals surface area (Å²) in [5.41, 5.74) is 11.6. The number of hydrogen-bond acceptors (Lipinski definition) is 4. The standard InChI is InChI=1S/C12H17N3O3/c13-8-4-5-10(9(7-8)12(17)18)15-6-2-1-3-11(14)16/h4-5,7,15H,1-3,6,13H2,(H2,14,16)(H,17,18). The number of nitrogens with one attached hydrogen (secondary N) is 1. The number of anilines is 2. The summed E-state index contributed by atoms with van der Waals surface area (Å²) in [5, 5.41) is 12.0. The number of carboxylic acids is 1. The molecule has 6 nitrogen and oxygen atoms in total. The third kappa shape index (κ3) is 4.32. The van der Waals surface area contributed by atoms with Crippen molar-refractivity contribution in [1.29, 1.82) is 0 Å². The molecule has 1 rings (SSSR count). The Balaban J connectivity index is 2.51. The summed E-state index contributed by atoms with van der Waals surface area (Å²) < 4.78 is 0. The average molecular weight is 251 g/mol. The van der Waals surface area contributed by atoms with E-state index in [2.05, 4.69) is 5.32 Å². The molecule has 0 heterocycles. The molecule has 6 N–H and O–H groups in total. The molecule has 0 fully saturated rings. The Labute approximate surface area is 105 Å². The van der Waals surface area contributed by atoms with Crippen LogP contribution in [0.15, 0.2) is 18.2 Å². The smallest absolute Gasteiger partial charge is 0.337 e. The number of rotatable bonds is 7. The van der Waals surface area contributed by atoms with Crippen molar-refractivity contribution in [1.82, 2.24) is 0 Å². The molecule has 0 aromatic heterocycles. The zero-order valence-corrected chi connectivity index (χ0v) is 9.98. The first-order valence-electron chi connectivity index (χ1n) is 5.65. The van der Waals surface area contributed by atoms with Crippen molar-refractivity contribution in [3.8, 4) is 0 Å². The Morgan fingerprint density at radius 1 is 1.28 bits per heavy atom. The number of amides is 1. The lowest BCUT2D eigenvalue weighted by molar-refractivity contribution is -0.118. The van der Waals surface area contributed by atoms with E-state index in [0.29, 0.717) is 30.8 Å². The molecule has 1 amide bonds. The van der Waals surface area contributed by atoms with Gasteiger partial charge in [-0.2, -0.15) is 0 Å².